The molecule has 0 aliphatic rings. The predicted molar refractivity (Wildman–Crippen MR) is 93.1 cm³/mol. The third-order valence-corrected chi connectivity index (χ3v) is 4.73. The van der Waals surface area contributed by atoms with Crippen LogP contribution in [0.3, 0.4) is 0 Å². The largest absolute Gasteiger partial charge is 0.324 e. The molecular formula is C15H13Br2NOS. The molecule has 104 valence electrons. The SMILES string of the molecule is O=C(CSCc1cccc(Br)c1)Nc1ccccc1Br. The molecule has 1 N–H and O–H groups in total. The number of hydrogen-bond acceptors (Lipinski definition) is 2. The molecule has 0 heterocycles. The molecule has 2 aromatic rings. The fourth-order valence-electron chi connectivity index (χ4n) is 1.64. The van der Waals surface area contributed by atoms with Crippen molar-refractivity contribution in [3.05, 3.63) is 63.0 Å². The summed E-state index contributed by atoms with van der Waals surface area (Å²) >= 11 is 8.45. The second kappa shape index (κ2) is 7.86. The van der Waals surface area contributed by atoms with Crippen molar-refractivity contribution in [1.29, 1.82) is 0 Å². The van der Waals surface area contributed by atoms with Crippen LogP contribution in [0.2, 0.25) is 0 Å². The Morgan fingerprint density at radius 1 is 1.10 bits per heavy atom. The van der Waals surface area contributed by atoms with Crippen molar-refractivity contribution in [3.63, 3.8) is 0 Å². The minimum Gasteiger partial charge on any atom is -0.324 e. The first kappa shape index (κ1) is 15.6. The maximum Gasteiger partial charge on any atom is 0.234 e. The fourth-order valence-corrected chi connectivity index (χ4v) is 3.24. The molecule has 0 saturated heterocycles. The van der Waals surface area contributed by atoms with Gasteiger partial charge in [0.1, 0.15) is 0 Å². The monoisotopic (exact) mass is 413 g/mol. The lowest BCUT2D eigenvalue weighted by molar-refractivity contribution is -0.113. The van der Waals surface area contributed by atoms with E-state index in [-0.39, 0.29) is 5.91 Å². The molecule has 2 nitrogen and oxygen atoms in total. The quantitative estimate of drug-likeness (QED) is 0.738. The van der Waals surface area contributed by atoms with Gasteiger partial charge in [-0.1, -0.05) is 40.2 Å². The van der Waals surface area contributed by atoms with E-state index in [1.807, 2.05) is 36.4 Å². The number of carbonyl (C=O) groups is 1. The van der Waals surface area contributed by atoms with Gasteiger partial charge < -0.3 is 5.32 Å². The van der Waals surface area contributed by atoms with Crippen LogP contribution in [-0.4, -0.2) is 11.7 Å². The first-order valence-electron chi connectivity index (χ1n) is 6.02. The number of benzene rings is 2. The number of carbonyl (C=O) groups excluding carboxylic acids is 1. The number of para-hydroxylation sites is 1. The highest BCUT2D eigenvalue weighted by molar-refractivity contribution is 9.10. The third kappa shape index (κ3) is 4.96. The summed E-state index contributed by atoms with van der Waals surface area (Å²) in [6, 6.07) is 15.7. The summed E-state index contributed by atoms with van der Waals surface area (Å²) in [5.74, 6) is 1.27. The second-order valence-corrected chi connectivity index (χ2v) is 6.91. The maximum absolute atomic E-state index is 11.9. The van der Waals surface area contributed by atoms with Gasteiger partial charge in [-0.3, -0.25) is 4.79 Å². The highest BCUT2D eigenvalue weighted by Gasteiger charge is 2.05. The molecule has 2 rings (SSSR count). The van der Waals surface area contributed by atoms with Crippen LogP contribution in [0.25, 0.3) is 0 Å². The summed E-state index contributed by atoms with van der Waals surface area (Å²) in [5.41, 5.74) is 2.01. The minimum absolute atomic E-state index is 0.0110. The topological polar surface area (TPSA) is 29.1 Å². The van der Waals surface area contributed by atoms with Crippen molar-refractivity contribution in [2.45, 2.75) is 5.75 Å². The Balaban J connectivity index is 1.80. The van der Waals surface area contributed by atoms with Gasteiger partial charge in [-0.2, -0.15) is 0 Å². The van der Waals surface area contributed by atoms with E-state index in [4.69, 9.17) is 0 Å². The average Bonchev–Trinajstić information content (AvgIpc) is 2.41. The fraction of sp³-hybridized carbons (Fsp3) is 0.133. The number of amides is 1. The second-order valence-electron chi connectivity index (χ2n) is 4.15. The van der Waals surface area contributed by atoms with E-state index in [0.29, 0.717) is 5.75 Å². The zero-order valence-electron chi connectivity index (χ0n) is 10.6. The molecule has 0 saturated carbocycles. The Kier molecular flexibility index (Phi) is 6.13. The van der Waals surface area contributed by atoms with Crippen LogP contribution in [-0.2, 0) is 10.5 Å². The summed E-state index contributed by atoms with van der Waals surface area (Å²) in [7, 11) is 0. The molecule has 0 fully saturated rings. The molecule has 20 heavy (non-hydrogen) atoms. The van der Waals surface area contributed by atoms with Gasteiger partial charge in [0.2, 0.25) is 5.91 Å². The summed E-state index contributed by atoms with van der Waals surface area (Å²) in [6.07, 6.45) is 0. The maximum atomic E-state index is 11.9. The third-order valence-electron chi connectivity index (χ3n) is 2.54. The number of anilines is 1. The van der Waals surface area contributed by atoms with Gasteiger partial charge in [0.15, 0.2) is 0 Å². The minimum atomic E-state index is 0.0110. The van der Waals surface area contributed by atoms with Gasteiger partial charge in [0.25, 0.3) is 0 Å². The number of nitrogens with one attached hydrogen (secondary N) is 1. The summed E-state index contributed by atoms with van der Waals surface area (Å²) in [4.78, 5) is 11.9. The van der Waals surface area contributed by atoms with E-state index < -0.39 is 0 Å². The average molecular weight is 415 g/mol. The van der Waals surface area contributed by atoms with Crippen molar-refractivity contribution in [1.82, 2.24) is 0 Å². The van der Waals surface area contributed by atoms with Gasteiger partial charge in [-0.25, -0.2) is 0 Å². The van der Waals surface area contributed by atoms with Crippen LogP contribution in [0.1, 0.15) is 5.56 Å². The van der Waals surface area contributed by atoms with Crippen molar-refractivity contribution < 1.29 is 4.79 Å². The molecule has 0 aromatic heterocycles. The first-order chi connectivity index (χ1) is 9.65. The Morgan fingerprint density at radius 2 is 1.90 bits per heavy atom. The Labute approximate surface area is 139 Å². The van der Waals surface area contributed by atoms with Crippen LogP contribution < -0.4 is 5.32 Å². The highest BCUT2D eigenvalue weighted by Crippen LogP contribution is 2.22. The van der Waals surface area contributed by atoms with Gasteiger partial charge in [-0.05, 0) is 45.8 Å². The molecule has 0 atom stereocenters. The van der Waals surface area contributed by atoms with Crippen molar-refractivity contribution >= 4 is 55.2 Å². The molecule has 0 radical (unpaired) electrons. The summed E-state index contributed by atoms with van der Waals surface area (Å²) < 4.78 is 1.96. The Morgan fingerprint density at radius 3 is 2.65 bits per heavy atom. The predicted octanol–water partition coefficient (Wildman–Crippen LogP) is 5.08. The molecule has 1 amide bonds. The van der Waals surface area contributed by atoms with Crippen LogP contribution in [0.5, 0.6) is 0 Å². The zero-order valence-corrected chi connectivity index (χ0v) is 14.6. The Hall–Kier alpha value is -0.780. The lowest BCUT2D eigenvalue weighted by Crippen LogP contribution is -2.14. The lowest BCUT2D eigenvalue weighted by Gasteiger charge is -2.07. The van der Waals surface area contributed by atoms with E-state index in [1.54, 1.807) is 11.8 Å². The number of hydrogen-bond donors (Lipinski definition) is 1. The number of rotatable bonds is 5. The number of halogens is 2. The molecule has 0 aliphatic carbocycles. The smallest absolute Gasteiger partial charge is 0.234 e. The highest BCUT2D eigenvalue weighted by atomic mass is 79.9. The number of thioether (sulfide) groups is 1. The normalized spacial score (nSPS) is 10.3. The van der Waals surface area contributed by atoms with Crippen LogP contribution in [0, 0.1) is 0 Å². The van der Waals surface area contributed by atoms with E-state index in [0.717, 1.165) is 20.4 Å². The molecule has 0 bridgehead atoms. The van der Waals surface area contributed by atoms with E-state index in [9.17, 15) is 4.79 Å². The molecule has 0 spiro atoms. The van der Waals surface area contributed by atoms with Gasteiger partial charge in [0.05, 0.1) is 11.4 Å². The van der Waals surface area contributed by atoms with E-state index in [2.05, 4.69) is 49.3 Å². The van der Waals surface area contributed by atoms with Gasteiger partial charge >= 0.3 is 0 Å². The standard InChI is InChI=1S/C15H13Br2NOS/c16-12-5-3-4-11(8-12)9-20-10-15(19)18-14-7-2-1-6-13(14)17/h1-8H,9-10H2,(H,18,19). The molecule has 0 unspecified atom stereocenters. The molecule has 5 heteroatoms. The van der Waals surface area contributed by atoms with Crippen LogP contribution >= 0.6 is 43.6 Å². The van der Waals surface area contributed by atoms with Crippen molar-refractivity contribution in [2.24, 2.45) is 0 Å². The lowest BCUT2D eigenvalue weighted by atomic mass is 10.2. The molecule has 0 aliphatic heterocycles. The zero-order chi connectivity index (χ0) is 14.4. The first-order valence-corrected chi connectivity index (χ1v) is 8.76. The van der Waals surface area contributed by atoms with Gasteiger partial charge in [0, 0.05) is 14.7 Å². The Bertz CT molecular complexity index is 604. The van der Waals surface area contributed by atoms with Gasteiger partial charge in [-0.15, -0.1) is 11.8 Å². The summed E-state index contributed by atoms with van der Waals surface area (Å²) in [6.45, 7) is 0. The van der Waals surface area contributed by atoms with Crippen LogP contribution in [0.4, 0.5) is 5.69 Å². The van der Waals surface area contributed by atoms with E-state index >= 15 is 0 Å². The molecular weight excluding hydrogens is 402 g/mol. The van der Waals surface area contributed by atoms with Crippen molar-refractivity contribution in [3.8, 4) is 0 Å². The van der Waals surface area contributed by atoms with E-state index in [1.165, 1.54) is 5.56 Å². The van der Waals surface area contributed by atoms with Crippen molar-refractivity contribution in [2.75, 3.05) is 11.1 Å². The summed E-state index contributed by atoms with van der Waals surface area (Å²) in [5, 5.41) is 2.89. The molecule has 2 aromatic carbocycles. The van der Waals surface area contributed by atoms with Crippen LogP contribution in [0.15, 0.2) is 57.5 Å².